The number of thiazole rings is 1. The van der Waals surface area contributed by atoms with Crippen LogP contribution in [0.3, 0.4) is 0 Å². The van der Waals surface area contributed by atoms with E-state index in [-0.39, 0.29) is 18.7 Å². The summed E-state index contributed by atoms with van der Waals surface area (Å²) in [5.41, 5.74) is 0.908. The van der Waals surface area contributed by atoms with Crippen LogP contribution < -0.4 is 10.6 Å². The Morgan fingerprint density at radius 2 is 2.13 bits per heavy atom. The van der Waals surface area contributed by atoms with E-state index in [0.29, 0.717) is 24.8 Å². The molecule has 2 amide bonds. The molecule has 0 aliphatic heterocycles. The summed E-state index contributed by atoms with van der Waals surface area (Å²) in [6, 6.07) is -0.0879. The van der Waals surface area contributed by atoms with Gasteiger partial charge in [-0.25, -0.2) is 9.78 Å². The molecule has 0 radical (unpaired) electrons. The third kappa shape index (κ3) is 5.77. The number of carbonyl (C=O) groups is 1. The van der Waals surface area contributed by atoms with Crippen LogP contribution in [0.1, 0.15) is 69.0 Å². The lowest BCUT2D eigenvalue weighted by Crippen LogP contribution is -2.46. The van der Waals surface area contributed by atoms with Crippen molar-refractivity contribution in [2.24, 2.45) is 5.92 Å². The monoisotopic (exact) mass is 339 g/mol. The number of hydrogen-bond acceptors (Lipinski definition) is 4. The Balaban J connectivity index is 1.80. The summed E-state index contributed by atoms with van der Waals surface area (Å²) in [7, 11) is 0. The second kappa shape index (κ2) is 9.23. The quantitative estimate of drug-likeness (QED) is 0.713. The van der Waals surface area contributed by atoms with Crippen molar-refractivity contribution in [1.29, 1.82) is 0 Å². The number of aromatic nitrogens is 1. The van der Waals surface area contributed by atoms with Gasteiger partial charge in [-0.05, 0) is 25.2 Å². The molecule has 1 heterocycles. The van der Waals surface area contributed by atoms with E-state index in [0.717, 1.165) is 23.5 Å². The Kier molecular flexibility index (Phi) is 7.30. The maximum absolute atomic E-state index is 12.2. The number of nitrogens with one attached hydrogen (secondary N) is 2. The predicted octanol–water partition coefficient (Wildman–Crippen LogP) is 3.40. The number of aliphatic hydroxyl groups excluding tert-OH is 1. The van der Waals surface area contributed by atoms with Crippen LogP contribution in [0.25, 0.3) is 0 Å². The molecule has 1 aromatic rings. The largest absolute Gasteiger partial charge is 0.396 e. The molecule has 23 heavy (non-hydrogen) atoms. The summed E-state index contributed by atoms with van der Waals surface area (Å²) >= 11 is 1.64. The fraction of sp³-hybridized carbons (Fsp3) is 0.765. The van der Waals surface area contributed by atoms with Gasteiger partial charge in [-0.3, -0.25) is 0 Å². The first-order chi connectivity index (χ1) is 11.1. The van der Waals surface area contributed by atoms with E-state index in [4.69, 9.17) is 0 Å². The number of nitrogens with zero attached hydrogens (tertiary/aromatic N) is 1. The Labute approximate surface area is 142 Å². The van der Waals surface area contributed by atoms with Gasteiger partial charge in [0.25, 0.3) is 0 Å². The van der Waals surface area contributed by atoms with Crippen molar-refractivity contribution < 1.29 is 9.90 Å². The second-order valence-electron chi connectivity index (χ2n) is 6.68. The standard InChI is InChI=1S/C17H29N3O2S/c1-12(2)16-19-14(11-23-16)10-18-17(22)20-15(8-9-21)13-6-4-3-5-7-13/h11-13,15,21H,3-10H2,1-2H3,(H2,18,20,22). The number of carbonyl (C=O) groups excluding carboxylic acids is 1. The van der Waals surface area contributed by atoms with Gasteiger partial charge in [0.1, 0.15) is 0 Å². The van der Waals surface area contributed by atoms with Crippen molar-refractivity contribution in [2.45, 2.75) is 70.9 Å². The highest BCUT2D eigenvalue weighted by molar-refractivity contribution is 7.09. The highest BCUT2D eigenvalue weighted by Gasteiger charge is 2.24. The molecule has 0 bridgehead atoms. The Morgan fingerprint density at radius 1 is 1.39 bits per heavy atom. The lowest BCUT2D eigenvalue weighted by atomic mass is 9.83. The van der Waals surface area contributed by atoms with E-state index < -0.39 is 0 Å². The van der Waals surface area contributed by atoms with Crippen molar-refractivity contribution in [1.82, 2.24) is 15.6 Å². The van der Waals surface area contributed by atoms with Crippen LogP contribution >= 0.6 is 11.3 Å². The molecule has 130 valence electrons. The summed E-state index contributed by atoms with van der Waals surface area (Å²) in [6.07, 6.45) is 6.67. The minimum absolute atomic E-state index is 0.0713. The van der Waals surface area contributed by atoms with E-state index >= 15 is 0 Å². The molecule has 1 aromatic heterocycles. The number of amides is 2. The van der Waals surface area contributed by atoms with Crippen LogP contribution in [0.15, 0.2) is 5.38 Å². The summed E-state index contributed by atoms with van der Waals surface area (Å²) in [6.45, 7) is 4.80. The molecule has 5 nitrogen and oxygen atoms in total. The van der Waals surface area contributed by atoms with Gasteiger partial charge in [-0.1, -0.05) is 33.1 Å². The second-order valence-corrected chi connectivity index (χ2v) is 7.57. The maximum Gasteiger partial charge on any atom is 0.315 e. The fourth-order valence-electron chi connectivity index (χ4n) is 3.16. The van der Waals surface area contributed by atoms with Gasteiger partial charge in [0.05, 0.1) is 17.2 Å². The van der Waals surface area contributed by atoms with E-state index in [1.165, 1.54) is 19.3 Å². The van der Waals surface area contributed by atoms with E-state index in [1.807, 2.05) is 5.38 Å². The summed E-state index contributed by atoms with van der Waals surface area (Å²) < 4.78 is 0. The van der Waals surface area contributed by atoms with Crippen LogP contribution in [0, 0.1) is 5.92 Å². The fourth-order valence-corrected chi connectivity index (χ4v) is 4.00. The molecule has 1 unspecified atom stereocenters. The van der Waals surface area contributed by atoms with E-state index in [1.54, 1.807) is 11.3 Å². The average molecular weight is 340 g/mol. The molecule has 1 atom stereocenters. The molecule has 2 rings (SSSR count). The molecule has 1 aliphatic rings. The first-order valence-corrected chi connectivity index (χ1v) is 9.57. The van der Waals surface area contributed by atoms with Crippen LogP contribution in [0.2, 0.25) is 0 Å². The highest BCUT2D eigenvalue weighted by Crippen LogP contribution is 2.27. The molecule has 0 aromatic carbocycles. The zero-order chi connectivity index (χ0) is 16.7. The minimum atomic E-state index is -0.159. The normalized spacial score (nSPS) is 17.2. The molecule has 3 N–H and O–H groups in total. The average Bonchev–Trinajstić information content (AvgIpc) is 3.03. The zero-order valence-electron chi connectivity index (χ0n) is 14.2. The predicted molar refractivity (Wildman–Crippen MR) is 93.6 cm³/mol. The molecular weight excluding hydrogens is 310 g/mol. The van der Waals surface area contributed by atoms with Gasteiger partial charge in [0.15, 0.2) is 0 Å². The van der Waals surface area contributed by atoms with Crippen molar-refractivity contribution in [2.75, 3.05) is 6.61 Å². The number of aliphatic hydroxyl groups is 1. The van der Waals surface area contributed by atoms with Crippen molar-refractivity contribution in [3.8, 4) is 0 Å². The summed E-state index contributed by atoms with van der Waals surface area (Å²) in [5, 5.41) is 18.3. The first-order valence-electron chi connectivity index (χ1n) is 8.69. The van der Waals surface area contributed by atoms with Gasteiger partial charge in [0, 0.05) is 23.9 Å². The van der Waals surface area contributed by atoms with Crippen LogP contribution in [0.4, 0.5) is 4.79 Å². The summed E-state index contributed by atoms with van der Waals surface area (Å²) in [4.78, 5) is 16.7. The molecule has 1 fully saturated rings. The number of rotatable bonds is 7. The van der Waals surface area contributed by atoms with Gasteiger partial charge in [0.2, 0.25) is 0 Å². The third-order valence-electron chi connectivity index (χ3n) is 4.47. The summed E-state index contributed by atoms with van der Waals surface area (Å²) in [5.74, 6) is 0.913. The van der Waals surface area contributed by atoms with Gasteiger partial charge >= 0.3 is 6.03 Å². The molecular formula is C17H29N3O2S. The third-order valence-corrected chi connectivity index (χ3v) is 5.66. The highest BCUT2D eigenvalue weighted by atomic mass is 32.1. The molecule has 6 heteroatoms. The lowest BCUT2D eigenvalue weighted by Gasteiger charge is -2.30. The molecule has 1 aliphatic carbocycles. The van der Waals surface area contributed by atoms with Gasteiger partial charge in [-0.15, -0.1) is 11.3 Å². The minimum Gasteiger partial charge on any atom is -0.396 e. The van der Waals surface area contributed by atoms with Crippen molar-refractivity contribution in [3.05, 3.63) is 16.1 Å². The Hall–Kier alpha value is -1.14. The smallest absolute Gasteiger partial charge is 0.315 e. The van der Waals surface area contributed by atoms with Crippen molar-refractivity contribution in [3.63, 3.8) is 0 Å². The van der Waals surface area contributed by atoms with Crippen LogP contribution in [-0.4, -0.2) is 28.8 Å². The van der Waals surface area contributed by atoms with E-state index in [2.05, 4.69) is 29.5 Å². The van der Waals surface area contributed by atoms with Gasteiger partial charge < -0.3 is 15.7 Å². The molecule has 1 saturated carbocycles. The van der Waals surface area contributed by atoms with Crippen LogP contribution in [0.5, 0.6) is 0 Å². The first kappa shape index (κ1) is 18.2. The zero-order valence-corrected chi connectivity index (χ0v) is 15.0. The topological polar surface area (TPSA) is 74.2 Å². The Morgan fingerprint density at radius 3 is 2.74 bits per heavy atom. The Bertz CT molecular complexity index is 484. The number of urea groups is 1. The van der Waals surface area contributed by atoms with Crippen molar-refractivity contribution >= 4 is 17.4 Å². The van der Waals surface area contributed by atoms with Gasteiger partial charge in [-0.2, -0.15) is 0 Å². The molecule has 0 spiro atoms. The SMILES string of the molecule is CC(C)c1nc(CNC(=O)NC(CCO)C2CCCCC2)cs1. The molecule has 0 saturated heterocycles. The van der Waals surface area contributed by atoms with Crippen LogP contribution in [-0.2, 0) is 6.54 Å². The van der Waals surface area contributed by atoms with E-state index in [9.17, 15) is 9.90 Å². The lowest BCUT2D eigenvalue weighted by molar-refractivity contribution is 0.196. The number of hydrogen-bond donors (Lipinski definition) is 3. The maximum atomic E-state index is 12.2.